The molecule has 66 valence electrons. The number of aryl methyl sites for hydroxylation is 1. The van der Waals surface area contributed by atoms with Crippen molar-refractivity contribution < 1.29 is 10.0 Å². The van der Waals surface area contributed by atoms with Gasteiger partial charge in [0.15, 0.2) is 6.10 Å². The molecule has 1 rings (SSSR count). The summed E-state index contributed by atoms with van der Waals surface area (Å²) >= 11 is 0. The molecule has 0 saturated heterocycles. The molecule has 1 N–H and O–H groups in total. The quantitative estimate of drug-likeness (QED) is 0.501. The van der Waals surface area contributed by atoms with Crippen LogP contribution in [0.25, 0.3) is 0 Å². The van der Waals surface area contributed by atoms with Gasteiger partial charge in [0.05, 0.1) is 0 Å². The summed E-state index contributed by atoms with van der Waals surface area (Å²) in [6.45, 7) is -0.509. The summed E-state index contributed by atoms with van der Waals surface area (Å²) in [6.07, 6.45) is 1.98. The second-order valence-electron chi connectivity index (χ2n) is 2.43. The van der Waals surface area contributed by atoms with Gasteiger partial charge in [-0.1, -0.05) is 0 Å². The van der Waals surface area contributed by atoms with Gasteiger partial charge in [-0.05, 0) is 0 Å². The van der Waals surface area contributed by atoms with Gasteiger partial charge in [0.25, 0.3) is 0 Å². The molecule has 1 atom stereocenters. The summed E-state index contributed by atoms with van der Waals surface area (Å²) in [7, 11) is 1.67. The molecule has 0 aliphatic rings. The predicted molar refractivity (Wildman–Crippen MR) is 40.0 cm³/mol. The lowest BCUT2D eigenvalue weighted by molar-refractivity contribution is -0.491. The molecule has 0 aliphatic carbocycles. The smallest absolute Gasteiger partial charge is 0.236 e. The summed E-state index contributed by atoms with van der Waals surface area (Å²) < 4.78 is 1.55. The van der Waals surface area contributed by atoms with E-state index >= 15 is 0 Å². The van der Waals surface area contributed by atoms with Gasteiger partial charge in [-0.3, -0.25) is 10.1 Å². The maximum Gasteiger partial charge on any atom is 0.236 e. The average Bonchev–Trinajstić information content (AvgIpc) is 2.33. The Hall–Kier alpha value is -1.43. The third-order valence-corrected chi connectivity index (χ3v) is 1.48. The maximum atomic E-state index is 10.0. The lowest BCUT2D eigenvalue weighted by Crippen LogP contribution is -2.15. The first-order chi connectivity index (χ1) is 5.61. The third-order valence-electron chi connectivity index (χ3n) is 1.48. The van der Waals surface area contributed by atoms with Crippen LogP contribution in [0.5, 0.6) is 0 Å². The zero-order chi connectivity index (χ0) is 9.14. The zero-order valence-electron chi connectivity index (χ0n) is 6.54. The van der Waals surface area contributed by atoms with E-state index in [1.54, 1.807) is 17.8 Å². The van der Waals surface area contributed by atoms with E-state index in [-0.39, 0.29) is 0 Å². The number of aliphatic hydroxyl groups excluding tert-OH is 1. The summed E-state index contributed by atoms with van der Waals surface area (Å²) in [6, 6.07) is 0. The predicted octanol–water partition coefficient (Wildman–Crippen LogP) is -0.270. The Kier molecular flexibility index (Phi) is 2.39. The van der Waals surface area contributed by atoms with Crippen LogP contribution in [0.1, 0.15) is 11.9 Å². The first-order valence-electron chi connectivity index (χ1n) is 3.38. The zero-order valence-corrected chi connectivity index (χ0v) is 6.54. The number of aromatic nitrogens is 2. The summed E-state index contributed by atoms with van der Waals surface area (Å²) in [4.78, 5) is 13.2. The molecule has 1 heterocycles. The summed E-state index contributed by atoms with van der Waals surface area (Å²) in [5, 5.41) is 19.3. The van der Waals surface area contributed by atoms with Gasteiger partial charge in [-0.25, -0.2) is 4.98 Å². The Morgan fingerprint density at radius 2 is 2.58 bits per heavy atom. The van der Waals surface area contributed by atoms with Crippen molar-refractivity contribution in [2.45, 2.75) is 6.10 Å². The van der Waals surface area contributed by atoms with E-state index in [1.165, 1.54) is 6.20 Å². The highest BCUT2D eigenvalue weighted by Crippen LogP contribution is 2.08. The third kappa shape index (κ3) is 1.79. The normalized spacial score (nSPS) is 12.8. The first kappa shape index (κ1) is 8.66. The molecule has 0 spiro atoms. The van der Waals surface area contributed by atoms with Crippen LogP contribution in [0.15, 0.2) is 12.4 Å². The average molecular weight is 171 g/mol. The second-order valence-corrected chi connectivity index (χ2v) is 2.43. The van der Waals surface area contributed by atoms with Gasteiger partial charge in [0.1, 0.15) is 5.82 Å². The Morgan fingerprint density at radius 3 is 3.00 bits per heavy atom. The monoisotopic (exact) mass is 171 g/mol. The maximum absolute atomic E-state index is 10.0. The molecule has 0 aliphatic heterocycles. The molecule has 1 aromatic heterocycles. The molecular weight excluding hydrogens is 162 g/mol. The van der Waals surface area contributed by atoms with Crippen molar-refractivity contribution in [1.29, 1.82) is 0 Å². The fraction of sp³-hybridized carbons (Fsp3) is 0.500. The van der Waals surface area contributed by atoms with E-state index in [1.807, 2.05) is 0 Å². The van der Waals surface area contributed by atoms with Crippen LogP contribution in [0.2, 0.25) is 0 Å². The highest BCUT2D eigenvalue weighted by atomic mass is 16.6. The van der Waals surface area contributed by atoms with Crippen molar-refractivity contribution in [2.75, 3.05) is 6.54 Å². The number of imidazole rings is 1. The SMILES string of the molecule is Cn1ccnc1[C@@H](O)C[N+](=O)[O-]. The minimum atomic E-state index is -1.13. The minimum Gasteiger partial charge on any atom is -0.379 e. The summed E-state index contributed by atoms with van der Waals surface area (Å²) in [5.74, 6) is 0.312. The van der Waals surface area contributed by atoms with Crippen molar-refractivity contribution in [3.8, 4) is 0 Å². The minimum absolute atomic E-state index is 0.312. The van der Waals surface area contributed by atoms with E-state index in [0.29, 0.717) is 5.82 Å². The van der Waals surface area contributed by atoms with Crippen LogP contribution in [-0.2, 0) is 7.05 Å². The van der Waals surface area contributed by atoms with Crippen LogP contribution in [-0.4, -0.2) is 26.1 Å². The number of nitro groups is 1. The van der Waals surface area contributed by atoms with Gasteiger partial charge in [0, 0.05) is 24.4 Å². The van der Waals surface area contributed by atoms with Gasteiger partial charge < -0.3 is 9.67 Å². The number of nitrogens with zero attached hydrogens (tertiary/aromatic N) is 3. The molecule has 6 heteroatoms. The molecule has 12 heavy (non-hydrogen) atoms. The highest BCUT2D eigenvalue weighted by molar-refractivity contribution is 4.94. The standard InChI is InChI=1S/C6H9N3O3/c1-8-3-2-7-6(8)5(10)4-9(11)12/h2-3,5,10H,4H2,1H3/t5-/m0/s1. The topological polar surface area (TPSA) is 81.2 Å². The Labute approximate surface area is 68.6 Å². The number of hydrogen-bond acceptors (Lipinski definition) is 4. The van der Waals surface area contributed by atoms with Crippen molar-refractivity contribution in [1.82, 2.24) is 9.55 Å². The van der Waals surface area contributed by atoms with E-state index < -0.39 is 17.6 Å². The van der Waals surface area contributed by atoms with E-state index in [4.69, 9.17) is 0 Å². The Bertz CT molecular complexity index is 283. The second kappa shape index (κ2) is 3.31. The first-order valence-corrected chi connectivity index (χ1v) is 3.38. The largest absolute Gasteiger partial charge is 0.379 e. The fourth-order valence-corrected chi connectivity index (χ4v) is 0.921. The molecule has 0 amide bonds. The van der Waals surface area contributed by atoms with Gasteiger partial charge >= 0.3 is 0 Å². The lowest BCUT2D eigenvalue weighted by Gasteiger charge is -2.04. The molecule has 0 unspecified atom stereocenters. The van der Waals surface area contributed by atoms with E-state index in [2.05, 4.69) is 4.98 Å². The number of hydrogen-bond donors (Lipinski definition) is 1. The van der Waals surface area contributed by atoms with Gasteiger partial charge in [-0.2, -0.15) is 0 Å². The molecule has 1 aromatic rings. The van der Waals surface area contributed by atoms with Crippen LogP contribution >= 0.6 is 0 Å². The van der Waals surface area contributed by atoms with Crippen molar-refractivity contribution in [3.05, 3.63) is 28.3 Å². The molecule has 0 bridgehead atoms. The van der Waals surface area contributed by atoms with Crippen LogP contribution in [0.4, 0.5) is 0 Å². The van der Waals surface area contributed by atoms with Gasteiger partial charge in [-0.15, -0.1) is 0 Å². The molecular formula is C6H9N3O3. The van der Waals surface area contributed by atoms with E-state index in [9.17, 15) is 15.2 Å². The molecule has 0 aromatic carbocycles. The number of rotatable bonds is 3. The molecule has 0 saturated carbocycles. The van der Waals surface area contributed by atoms with Crippen LogP contribution in [0.3, 0.4) is 0 Å². The molecule has 0 fully saturated rings. The fourth-order valence-electron chi connectivity index (χ4n) is 0.921. The highest BCUT2D eigenvalue weighted by Gasteiger charge is 2.17. The van der Waals surface area contributed by atoms with Crippen LogP contribution < -0.4 is 0 Å². The van der Waals surface area contributed by atoms with Crippen LogP contribution in [0, 0.1) is 10.1 Å². The summed E-state index contributed by atoms with van der Waals surface area (Å²) in [5.41, 5.74) is 0. The van der Waals surface area contributed by atoms with Crippen molar-refractivity contribution >= 4 is 0 Å². The lowest BCUT2D eigenvalue weighted by atomic mass is 10.3. The van der Waals surface area contributed by atoms with E-state index in [0.717, 1.165) is 0 Å². The van der Waals surface area contributed by atoms with Gasteiger partial charge in [0.2, 0.25) is 6.54 Å². The Balaban J connectivity index is 2.71. The number of aliphatic hydroxyl groups is 1. The molecule has 0 radical (unpaired) electrons. The van der Waals surface area contributed by atoms with Crippen molar-refractivity contribution in [2.24, 2.45) is 7.05 Å². The molecule has 6 nitrogen and oxygen atoms in total. The Morgan fingerprint density at radius 1 is 1.92 bits per heavy atom. The van der Waals surface area contributed by atoms with Crippen molar-refractivity contribution in [3.63, 3.8) is 0 Å².